The highest BCUT2D eigenvalue weighted by Crippen LogP contribution is 2.41. The van der Waals surface area contributed by atoms with Gasteiger partial charge in [-0.25, -0.2) is 17.9 Å². The molecular weight excluding hydrogens is 445 g/mol. The molecule has 1 aliphatic heterocycles. The number of tetrazole rings is 1. The molecular formula is C22H34FN7O2S. The quantitative estimate of drug-likeness (QED) is 0.525. The Morgan fingerprint density at radius 1 is 1.09 bits per heavy atom. The molecule has 2 saturated carbocycles. The fourth-order valence-corrected chi connectivity index (χ4v) is 6.62. The number of aromatic nitrogens is 4. The first-order valence-corrected chi connectivity index (χ1v) is 13.4. The first-order valence-electron chi connectivity index (χ1n) is 11.9. The number of fused-ring (bicyclic) bond motifs is 1. The van der Waals surface area contributed by atoms with Gasteiger partial charge in [0.15, 0.2) is 0 Å². The van der Waals surface area contributed by atoms with Gasteiger partial charge in [-0.2, -0.15) is 5.21 Å². The van der Waals surface area contributed by atoms with E-state index in [-0.39, 0.29) is 27.8 Å². The second-order valence-electron chi connectivity index (χ2n) is 9.45. The van der Waals surface area contributed by atoms with Gasteiger partial charge in [0.1, 0.15) is 6.67 Å². The minimum Gasteiger partial charge on any atom is -0.328 e. The van der Waals surface area contributed by atoms with E-state index >= 15 is 0 Å². The highest BCUT2D eigenvalue weighted by molar-refractivity contribution is 7.89. The van der Waals surface area contributed by atoms with E-state index in [2.05, 4.69) is 25.9 Å². The van der Waals surface area contributed by atoms with Crippen LogP contribution in [0.2, 0.25) is 0 Å². The first kappa shape index (κ1) is 24.2. The fraction of sp³-hybridized carbons (Fsp3) is 0.682. The highest BCUT2D eigenvalue weighted by Gasteiger charge is 2.32. The summed E-state index contributed by atoms with van der Waals surface area (Å²) in [5.74, 6) is 1.27. The van der Waals surface area contributed by atoms with Gasteiger partial charge in [0.05, 0.1) is 4.90 Å². The van der Waals surface area contributed by atoms with Crippen molar-refractivity contribution in [2.45, 2.75) is 87.4 Å². The van der Waals surface area contributed by atoms with Crippen LogP contribution >= 0.6 is 0 Å². The average molecular weight is 480 g/mol. The van der Waals surface area contributed by atoms with Crippen LogP contribution in [0.5, 0.6) is 0 Å². The van der Waals surface area contributed by atoms with E-state index < -0.39 is 16.7 Å². The van der Waals surface area contributed by atoms with Crippen LogP contribution in [-0.2, 0) is 16.7 Å². The number of nitrogens with two attached hydrogens (primary N) is 2. The molecule has 6 N–H and O–H groups in total. The first-order chi connectivity index (χ1) is 15.9. The molecule has 0 spiro atoms. The molecule has 5 rings (SSSR count). The molecule has 1 saturated heterocycles. The minimum absolute atomic E-state index is 0.0202. The van der Waals surface area contributed by atoms with Crippen LogP contribution < -0.4 is 16.2 Å². The standard InChI is InChI=1S/C14H18FN5O2S.C8H16N2/c15-8-10-6-7-11(9-4-2-1-3-5-9)12(13(10)23(16,21)22)14-17-19-20-18-14;9-7-2-1-6-3-4-10-8(6)5-7/h6-7,9H,1-5,8H2,(H2,16,21,22)(H,17,18,19,20);6-8,10H,1-5,9H2. The van der Waals surface area contributed by atoms with Gasteiger partial charge in [0.25, 0.3) is 0 Å². The lowest BCUT2D eigenvalue weighted by atomic mass is 9.81. The molecule has 0 bridgehead atoms. The van der Waals surface area contributed by atoms with Crippen molar-refractivity contribution in [1.82, 2.24) is 25.9 Å². The monoisotopic (exact) mass is 479 g/mol. The van der Waals surface area contributed by atoms with E-state index in [1.807, 2.05) is 0 Å². The number of aromatic amines is 1. The molecule has 0 amide bonds. The van der Waals surface area contributed by atoms with E-state index in [4.69, 9.17) is 10.9 Å². The lowest BCUT2D eigenvalue weighted by Gasteiger charge is -2.29. The van der Waals surface area contributed by atoms with Gasteiger partial charge in [0, 0.05) is 23.2 Å². The third kappa shape index (κ3) is 5.59. The van der Waals surface area contributed by atoms with E-state index in [0.717, 1.165) is 43.2 Å². The summed E-state index contributed by atoms with van der Waals surface area (Å²) >= 11 is 0. The molecule has 0 radical (unpaired) electrons. The van der Waals surface area contributed by atoms with Crippen LogP contribution in [0.1, 0.15) is 74.8 Å². The SMILES string of the molecule is NC1CCC2CCNC2C1.NS(=O)(=O)c1c(CF)ccc(C2CCCCC2)c1-c1nn[nH]n1. The molecule has 2 aliphatic carbocycles. The van der Waals surface area contributed by atoms with Gasteiger partial charge in [-0.05, 0) is 67.7 Å². The van der Waals surface area contributed by atoms with E-state index in [1.54, 1.807) is 6.07 Å². The van der Waals surface area contributed by atoms with Crippen molar-refractivity contribution >= 4 is 10.0 Å². The average Bonchev–Trinajstić information content (AvgIpc) is 3.50. The highest BCUT2D eigenvalue weighted by atomic mass is 32.2. The molecule has 1 aromatic heterocycles. The van der Waals surface area contributed by atoms with Crippen molar-refractivity contribution in [1.29, 1.82) is 0 Å². The molecule has 2 heterocycles. The minimum atomic E-state index is -4.13. The summed E-state index contributed by atoms with van der Waals surface area (Å²) in [7, 11) is -4.13. The number of halogens is 1. The van der Waals surface area contributed by atoms with Crippen LogP contribution in [0, 0.1) is 5.92 Å². The number of sulfonamides is 1. The van der Waals surface area contributed by atoms with Crippen LogP contribution in [0.4, 0.5) is 4.39 Å². The summed E-state index contributed by atoms with van der Waals surface area (Å²) in [5, 5.41) is 22.5. The number of H-pyrrole nitrogens is 1. The molecule has 11 heteroatoms. The molecule has 2 aromatic rings. The second-order valence-corrected chi connectivity index (χ2v) is 10.9. The summed E-state index contributed by atoms with van der Waals surface area (Å²) < 4.78 is 37.5. The second kappa shape index (κ2) is 10.5. The third-order valence-corrected chi connectivity index (χ3v) is 8.30. The molecule has 3 aliphatic rings. The van der Waals surface area contributed by atoms with Crippen LogP contribution in [0.25, 0.3) is 11.4 Å². The van der Waals surface area contributed by atoms with Crippen molar-refractivity contribution < 1.29 is 12.8 Å². The number of alkyl halides is 1. The molecule has 3 unspecified atom stereocenters. The Morgan fingerprint density at radius 2 is 1.88 bits per heavy atom. The molecule has 3 atom stereocenters. The normalized spacial score (nSPS) is 25.8. The largest absolute Gasteiger partial charge is 0.328 e. The number of hydrogen-bond donors (Lipinski definition) is 4. The summed E-state index contributed by atoms with van der Waals surface area (Å²) in [5.41, 5.74) is 6.95. The predicted octanol–water partition coefficient (Wildman–Crippen LogP) is 2.51. The maximum absolute atomic E-state index is 13.3. The summed E-state index contributed by atoms with van der Waals surface area (Å²) in [6, 6.07) is 4.51. The van der Waals surface area contributed by atoms with Crippen molar-refractivity contribution in [3.8, 4) is 11.4 Å². The van der Waals surface area contributed by atoms with E-state index in [9.17, 15) is 12.8 Å². The Kier molecular flexibility index (Phi) is 7.72. The topological polar surface area (TPSA) is 153 Å². The van der Waals surface area contributed by atoms with Gasteiger partial charge in [-0.15, -0.1) is 10.2 Å². The number of primary sulfonamides is 1. The fourth-order valence-electron chi connectivity index (χ4n) is 5.64. The number of hydrogen-bond acceptors (Lipinski definition) is 7. The van der Waals surface area contributed by atoms with Gasteiger partial charge >= 0.3 is 0 Å². The van der Waals surface area contributed by atoms with Gasteiger partial charge in [-0.3, -0.25) is 0 Å². The Hall–Kier alpha value is -1.95. The zero-order valence-corrected chi connectivity index (χ0v) is 19.7. The predicted molar refractivity (Wildman–Crippen MR) is 123 cm³/mol. The third-order valence-electron chi connectivity index (χ3n) is 7.27. The van der Waals surface area contributed by atoms with E-state index in [0.29, 0.717) is 6.04 Å². The maximum atomic E-state index is 13.3. The van der Waals surface area contributed by atoms with Crippen LogP contribution in [-0.4, -0.2) is 47.7 Å². The molecule has 3 fully saturated rings. The van der Waals surface area contributed by atoms with Crippen molar-refractivity contribution in [3.05, 3.63) is 23.3 Å². The summed E-state index contributed by atoms with van der Waals surface area (Å²) in [6.45, 7) is 0.295. The van der Waals surface area contributed by atoms with Gasteiger partial charge < -0.3 is 11.1 Å². The molecule has 9 nitrogen and oxygen atoms in total. The van der Waals surface area contributed by atoms with Gasteiger partial charge in [-0.1, -0.05) is 31.4 Å². The van der Waals surface area contributed by atoms with Crippen LogP contribution in [0.3, 0.4) is 0 Å². The zero-order chi connectivity index (χ0) is 23.4. The van der Waals surface area contributed by atoms with Crippen LogP contribution in [0.15, 0.2) is 17.0 Å². The number of nitrogens with zero attached hydrogens (tertiary/aromatic N) is 3. The Labute approximate surface area is 194 Å². The summed E-state index contributed by atoms with van der Waals surface area (Å²) in [6.07, 6.45) is 10.4. The van der Waals surface area contributed by atoms with E-state index in [1.165, 1.54) is 44.7 Å². The number of nitrogens with one attached hydrogen (secondary N) is 2. The van der Waals surface area contributed by atoms with Crippen molar-refractivity contribution in [2.75, 3.05) is 6.54 Å². The molecule has 182 valence electrons. The smallest absolute Gasteiger partial charge is 0.239 e. The zero-order valence-electron chi connectivity index (χ0n) is 18.8. The Bertz CT molecular complexity index is 1030. The van der Waals surface area contributed by atoms with Gasteiger partial charge in [0.2, 0.25) is 15.8 Å². The number of rotatable bonds is 4. The lowest BCUT2D eigenvalue weighted by molar-refractivity contribution is 0.296. The maximum Gasteiger partial charge on any atom is 0.239 e. The molecule has 1 aromatic carbocycles. The number of benzene rings is 1. The lowest BCUT2D eigenvalue weighted by Crippen LogP contribution is -2.39. The Morgan fingerprint density at radius 3 is 2.55 bits per heavy atom. The van der Waals surface area contributed by atoms with Crippen molar-refractivity contribution in [3.63, 3.8) is 0 Å². The summed E-state index contributed by atoms with van der Waals surface area (Å²) in [4.78, 5) is -0.232. The van der Waals surface area contributed by atoms with Crippen molar-refractivity contribution in [2.24, 2.45) is 16.8 Å². The molecule has 33 heavy (non-hydrogen) atoms. The Balaban J connectivity index is 0.000000214.